The third-order valence-electron chi connectivity index (χ3n) is 3.87. The fourth-order valence-electron chi connectivity index (χ4n) is 2.47. The van der Waals surface area contributed by atoms with Crippen molar-refractivity contribution in [1.82, 2.24) is 5.32 Å². The van der Waals surface area contributed by atoms with Crippen LogP contribution in [0.1, 0.15) is 24.1 Å². The molecular formula is C20H23N3O4. The molecule has 2 aromatic carbocycles. The van der Waals surface area contributed by atoms with Crippen molar-refractivity contribution >= 4 is 23.7 Å². The van der Waals surface area contributed by atoms with Crippen LogP contribution in [0.4, 0.5) is 10.5 Å². The van der Waals surface area contributed by atoms with Crippen LogP contribution in [0.2, 0.25) is 0 Å². The molecular weight excluding hydrogens is 346 g/mol. The number of urea groups is 1. The Labute approximate surface area is 158 Å². The zero-order valence-corrected chi connectivity index (χ0v) is 15.5. The molecule has 0 aliphatic heterocycles. The number of nitrogens with one attached hydrogen (secondary N) is 2. The predicted octanol–water partition coefficient (Wildman–Crippen LogP) is 3.09. The SMILES string of the molecule is COc1ccc(/C=C\C(=O)N[C@@H](C)c2ccc(NC(N)=O)cc2)cc1OC. The number of hydrogen-bond acceptors (Lipinski definition) is 4. The van der Waals surface area contributed by atoms with Crippen molar-refractivity contribution in [2.75, 3.05) is 19.5 Å². The van der Waals surface area contributed by atoms with E-state index in [1.807, 2.05) is 25.1 Å². The van der Waals surface area contributed by atoms with E-state index in [2.05, 4.69) is 10.6 Å². The average Bonchev–Trinajstić information content (AvgIpc) is 2.66. The molecule has 0 aliphatic carbocycles. The molecule has 2 rings (SSSR count). The molecule has 0 saturated heterocycles. The van der Waals surface area contributed by atoms with Crippen LogP contribution in [0.5, 0.6) is 11.5 Å². The van der Waals surface area contributed by atoms with Gasteiger partial charge < -0.3 is 25.8 Å². The summed E-state index contributed by atoms with van der Waals surface area (Å²) >= 11 is 0. The Balaban J connectivity index is 1.98. The largest absolute Gasteiger partial charge is 0.493 e. The van der Waals surface area contributed by atoms with Gasteiger partial charge in [0.25, 0.3) is 0 Å². The van der Waals surface area contributed by atoms with Gasteiger partial charge in [-0.05, 0) is 48.4 Å². The summed E-state index contributed by atoms with van der Waals surface area (Å²) in [7, 11) is 3.13. The molecule has 0 unspecified atom stereocenters. The number of methoxy groups -OCH3 is 2. The number of hydrogen-bond donors (Lipinski definition) is 3. The molecule has 0 aromatic heterocycles. The van der Waals surface area contributed by atoms with E-state index < -0.39 is 6.03 Å². The minimum absolute atomic E-state index is 0.199. The molecule has 0 spiro atoms. The van der Waals surface area contributed by atoms with Crippen LogP contribution in [0.15, 0.2) is 48.5 Å². The summed E-state index contributed by atoms with van der Waals surface area (Å²) in [4.78, 5) is 23.0. The normalized spacial score (nSPS) is 11.7. The van der Waals surface area contributed by atoms with Gasteiger partial charge in [0.2, 0.25) is 5.91 Å². The molecule has 0 heterocycles. The van der Waals surface area contributed by atoms with Crippen LogP contribution in [-0.4, -0.2) is 26.2 Å². The number of carbonyl (C=O) groups excluding carboxylic acids is 2. The Bertz CT molecular complexity index is 832. The second-order valence-corrected chi connectivity index (χ2v) is 5.79. The summed E-state index contributed by atoms with van der Waals surface area (Å²) in [6, 6.07) is 11.7. The maximum atomic E-state index is 12.2. The first-order valence-corrected chi connectivity index (χ1v) is 8.30. The van der Waals surface area contributed by atoms with Gasteiger partial charge in [-0.3, -0.25) is 4.79 Å². The highest BCUT2D eigenvalue weighted by Crippen LogP contribution is 2.28. The lowest BCUT2D eigenvalue weighted by molar-refractivity contribution is -0.117. The third-order valence-corrected chi connectivity index (χ3v) is 3.87. The van der Waals surface area contributed by atoms with Crippen LogP contribution < -0.4 is 25.8 Å². The van der Waals surface area contributed by atoms with Crippen molar-refractivity contribution in [1.29, 1.82) is 0 Å². The Morgan fingerprint density at radius 1 is 1.04 bits per heavy atom. The molecule has 4 N–H and O–H groups in total. The van der Waals surface area contributed by atoms with Gasteiger partial charge in [-0.2, -0.15) is 0 Å². The van der Waals surface area contributed by atoms with Gasteiger partial charge >= 0.3 is 6.03 Å². The second-order valence-electron chi connectivity index (χ2n) is 5.79. The molecule has 0 fully saturated rings. The summed E-state index contributed by atoms with van der Waals surface area (Å²) in [5.74, 6) is 0.997. The van der Waals surface area contributed by atoms with Gasteiger partial charge in [-0.1, -0.05) is 18.2 Å². The van der Waals surface area contributed by atoms with Gasteiger partial charge in [-0.15, -0.1) is 0 Å². The Morgan fingerprint density at radius 2 is 1.70 bits per heavy atom. The first-order chi connectivity index (χ1) is 12.9. The van der Waals surface area contributed by atoms with Crippen LogP contribution in [0.25, 0.3) is 6.08 Å². The van der Waals surface area contributed by atoms with Crippen LogP contribution in [-0.2, 0) is 4.79 Å². The third kappa shape index (κ3) is 5.78. The molecule has 2 aromatic rings. The molecule has 27 heavy (non-hydrogen) atoms. The number of amides is 3. The molecule has 0 saturated carbocycles. The Morgan fingerprint density at radius 3 is 2.30 bits per heavy atom. The van der Waals surface area contributed by atoms with E-state index in [-0.39, 0.29) is 11.9 Å². The summed E-state index contributed by atoms with van der Waals surface area (Å²) in [6.45, 7) is 1.87. The van der Waals surface area contributed by atoms with Gasteiger partial charge in [-0.25, -0.2) is 4.79 Å². The van der Waals surface area contributed by atoms with E-state index in [9.17, 15) is 9.59 Å². The van der Waals surface area contributed by atoms with E-state index in [1.54, 1.807) is 44.6 Å². The maximum Gasteiger partial charge on any atom is 0.316 e. The lowest BCUT2D eigenvalue weighted by Gasteiger charge is -2.13. The number of nitrogens with two attached hydrogens (primary N) is 1. The zero-order chi connectivity index (χ0) is 19.8. The quantitative estimate of drug-likeness (QED) is 0.653. The van der Waals surface area contributed by atoms with Crippen LogP contribution >= 0.6 is 0 Å². The highest BCUT2D eigenvalue weighted by Gasteiger charge is 2.08. The van der Waals surface area contributed by atoms with Crippen molar-refractivity contribution < 1.29 is 19.1 Å². The van der Waals surface area contributed by atoms with Crippen molar-refractivity contribution in [3.63, 3.8) is 0 Å². The van der Waals surface area contributed by atoms with E-state index in [4.69, 9.17) is 15.2 Å². The molecule has 142 valence electrons. The Hall–Kier alpha value is -3.48. The minimum atomic E-state index is -0.621. The molecule has 0 aliphatic rings. The monoisotopic (exact) mass is 369 g/mol. The van der Waals surface area contributed by atoms with Gasteiger partial charge in [0.05, 0.1) is 20.3 Å². The first kappa shape index (κ1) is 19.8. The van der Waals surface area contributed by atoms with Crippen molar-refractivity contribution in [2.45, 2.75) is 13.0 Å². The molecule has 0 bridgehead atoms. The zero-order valence-electron chi connectivity index (χ0n) is 15.5. The highest BCUT2D eigenvalue weighted by atomic mass is 16.5. The maximum absolute atomic E-state index is 12.2. The minimum Gasteiger partial charge on any atom is -0.493 e. The molecule has 3 amide bonds. The summed E-state index contributed by atoms with van der Waals surface area (Å²) in [5, 5.41) is 5.37. The summed E-state index contributed by atoms with van der Waals surface area (Å²) in [6.07, 6.45) is 3.16. The molecule has 1 atom stereocenters. The molecule has 7 nitrogen and oxygen atoms in total. The number of rotatable bonds is 7. The smallest absolute Gasteiger partial charge is 0.316 e. The van der Waals surface area contributed by atoms with Crippen molar-refractivity contribution in [2.24, 2.45) is 5.73 Å². The number of ether oxygens (including phenoxy) is 2. The van der Waals surface area contributed by atoms with E-state index in [0.29, 0.717) is 17.2 Å². The Kier molecular flexibility index (Phi) is 6.82. The van der Waals surface area contributed by atoms with E-state index in [0.717, 1.165) is 11.1 Å². The molecule has 0 radical (unpaired) electrons. The van der Waals surface area contributed by atoms with Gasteiger partial charge in [0.1, 0.15) is 0 Å². The lowest BCUT2D eigenvalue weighted by atomic mass is 10.1. The number of primary amides is 1. The summed E-state index contributed by atoms with van der Waals surface area (Å²) < 4.78 is 10.4. The fourth-order valence-corrected chi connectivity index (χ4v) is 2.47. The predicted molar refractivity (Wildman–Crippen MR) is 105 cm³/mol. The van der Waals surface area contributed by atoms with Gasteiger partial charge in [0.15, 0.2) is 11.5 Å². The standard InChI is InChI=1S/C20H23N3O4/c1-13(15-6-8-16(9-7-15)23-20(21)25)22-19(24)11-5-14-4-10-17(26-2)18(12-14)27-3/h4-13H,1-3H3,(H,22,24)(H3,21,23,25)/b11-5-/t13-/m0/s1. The highest BCUT2D eigenvalue weighted by molar-refractivity contribution is 5.92. The average molecular weight is 369 g/mol. The molecule has 7 heteroatoms. The van der Waals surface area contributed by atoms with Crippen LogP contribution in [0.3, 0.4) is 0 Å². The number of anilines is 1. The van der Waals surface area contributed by atoms with Crippen LogP contribution in [0, 0.1) is 0 Å². The summed E-state index contributed by atoms with van der Waals surface area (Å²) in [5.41, 5.74) is 7.39. The second kappa shape index (κ2) is 9.28. The van der Waals surface area contributed by atoms with Gasteiger partial charge in [0, 0.05) is 11.8 Å². The van der Waals surface area contributed by atoms with Crippen molar-refractivity contribution in [3.05, 3.63) is 59.7 Å². The van der Waals surface area contributed by atoms with E-state index >= 15 is 0 Å². The lowest BCUT2D eigenvalue weighted by Crippen LogP contribution is -2.24. The number of benzene rings is 2. The first-order valence-electron chi connectivity index (χ1n) is 8.30. The van der Waals surface area contributed by atoms with E-state index in [1.165, 1.54) is 6.08 Å². The van der Waals surface area contributed by atoms with Crippen molar-refractivity contribution in [3.8, 4) is 11.5 Å². The fraction of sp³-hybridized carbons (Fsp3) is 0.200. The topological polar surface area (TPSA) is 103 Å². The number of carbonyl (C=O) groups is 2.